The number of benzene rings is 2. The highest BCUT2D eigenvalue weighted by atomic mass is 79.9. The van der Waals surface area contributed by atoms with Crippen LogP contribution in [0.1, 0.15) is 30.5 Å². The van der Waals surface area contributed by atoms with Gasteiger partial charge in [0.25, 0.3) is 0 Å². The molecular formula is C21H17BrClN3O2. The number of nitrogens with zero attached hydrogens (tertiary/aromatic N) is 3. The second kappa shape index (κ2) is 7.53. The molecule has 1 aliphatic heterocycles. The van der Waals surface area contributed by atoms with Crippen LogP contribution >= 0.6 is 27.5 Å². The fraction of sp³-hybridized carbons (Fsp3) is 0.190. The van der Waals surface area contributed by atoms with Gasteiger partial charge >= 0.3 is 0 Å². The molecule has 1 aromatic heterocycles. The maximum absolute atomic E-state index is 12.3. The van der Waals surface area contributed by atoms with Gasteiger partial charge in [0.2, 0.25) is 5.91 Å². The van der Waals surface area contributed by atoms with E-state index in [1.165, 1.54) is 11.9 Å². The first-order valence-electron chi connectivity index (χ1n) is 8.73. The first kappa shape index (κ1) is 18.9. The van der Waals surface area contributed by atoms with Crippen LogP contribution in [0.4, 0.5) is 0 Å². The second-order valence-corrected chi connectivity index (χ2v) is 7.84. The number of pyridine rings is 1. The van der Waals surface area contributed by atoms with Crippen LogP contribution in [0.5, 0.6) is 5.75 Å². The Morgan fingerprint density at radius 1 is 1.21 bits per heavy atom. The molecule has 1 aliphatic rings. The van der Waals surface area contributed by atoms with Gasteiger partial charge < -0.3 is 4.74 Å². The molecule has 142 valence electrons. The zero-order valence-corrected chi connectivity index (χ0v) is 17.7. The lowest BCUT2D eigenvalue weighted by molar-refractivity contribution is -0.130. The van der Waals surface area contributed by atoms with Crippen molar-refractivity contribution in [3.8, 4) is 5.75 Å². The van der Waals surface area contributed by atoms with Gasteiger partial charge in [0.1, 0.15) is 10.9 Å². The Kier molecular flexibility index (Phi) is 5.08. The van der Waals surface area contributed by atoms with E-state index >= 15 is 0 Å². The molecule has 3 aromatic rings. The van der Waals surface area contributed by atoms with E-state index in [4.69, 9.17) is 16.3 Å². The normalized spacial score (nSPS) is 16.4. The average Bonchev–Trinajstić information content (AvgIpc) is 3.13. The van der Waals surface area contributed by atoms with Crippen molar-refractivity contribution in [1.29, 1.82) is 0 Å². The summed E-state index contributed by atoms with van der Waals surface area (Å²) in [6, 6.07) is 15.2. The van der Waals surface area contributed by atoms with Crippen LogP contribution in [0, 0.1) is 0 Å². The first-order chi connectivity index (χ1) is 13.5. The van der Waals surface area contributed by atoms with Crippen molar-refractivity contribution in [1.82, 2.24) is 9.99 Å². The molecule has 2 aromatic carbocycles. The number of hydrogen-bond acceptors (Lipinski definition) is 4. The van der Waals surface area contributed by atoms with E-state index in [1.807, 2.05) is 48.5 Å². The number of amides is 1. The molecule has 4 rings (SSSR count). The Hall–Kier alpha value is -2.44. The lowest BCUT2D eigenvalue weighted by atomic mass is 9.98. The Bertz CT molecular complexity index is 1100. The van der Waals surface area contributed by atoms with Crippen molar-refractivity contribution in [2.75, 3.05) is 7.11 Å². The predicted molar refractivity (Wildman–Crippen MR) is 114 cm³/mol. The Balaban J connectivity index is 1.74. The van der Waals surface area contributed by atoms with Crippen LogP contribution in [0.2, 0.25) is 5.15 Å². The van der Waals surface area contributed by atoms with Crippen LogP contribution in [0.3, 0.4) is 0 Å². The summed E-state index contributed by atoms with van der Waals surface area (Å²) < 4.78 is 6.25. The van der Waals surface area contributed by atoms with Gasteiger partial charge in [0.05, 0.1) is 24.4 Å². The third-order valence-electron chi connectivity index (χ3n) is 4.77. The van der Waals surface area contributed by atoms with Gasteiger partial charge in [0.15, 0.2) is 0 Å². The number of hydrazone groups is 1. The van der Waals surface area contributed by atoms with Crippen molar-refractivity contribution in [2.45, 2.75) is 19.4 Å². The summed E-state index contributed by atoms with van der Waals surface area (Å²) in [5.41, 5.74) is 3.35. The van der Waals surface area contributed by atoms with E-state index < -0.39 is 0 Å². The van der Waals surface area contributed by atoms with E-state index in [1.54, 1.807) is 7.11 Å². The van der Waals surface area contributed by atoms with Gasteiger partial charge in [-0.05, 0) is 35.9 Å². The van der Waals surface area contributed by atoms with Crippen molar-refractivity contribution in [3.05, 3.63) is 69.3 Å². The fourth-order valence-corrected chi connectivity index (χ4v) is 3.90. The van der Waals surface area contributed by atoms with Crippen LogP contribution in [-0.4, -0.2) is 28.7 Å². The minimum atomic E-state index is -0.289. The van der Waals surface area contributed by atoms with E-state index in [2.05, 4.69) is 26.0 Å². The highest BCUT2D eigenvalue weighted by Gasteiger charge is 2.33. The van der Waals surface area contributed by atoms with Crippen LogP contribution in [0.15, 0.2) is 58.1 Å². The number of hydrogen-bond donors (Lipinski definition) is 0. The molecule has 1 amide bonds. The summed E-state index contributed by atoms with van der Waals surface area (Å²) in [6.45, 7) is 1.51. The maximum atomic E-state index is 12.3. The number of rotatable bonds is 3. The number of fused-ring (bicyclic) bond motifs is 1. The summed E-state index contributed by atoms with van der Waals surface area (Å²) in [5.74, 6) is 0.582. The second-order valence-electron chi connectivity index (χ2n) is 6.56. The van der Waals surface area contributed by atoms with E-state index in [-0.39, 0.29) is 11.9 Å². The van der Waals surface area contributed by atoms with Gasteiger partial charge in [-0.3, -0.25) is 4.79 Å². The van der Waals surface area contributed by atoms with E-state index in [0.29, 0.717) is 11.6 Å². The summed E-state index contributed by atoms with van der Waals surface area (Å²) in [5, 5.41) is 7.36. The largest absolute Gasteiger partial charge is 0.497 e. The minimum absolute atomic E-state index is 0.136. The molecule has 28 heavy (non-hydrogen) atoms. The molecule has 0 unspecified atom stereocenters. The van der Waals surface area contributed by atoms with Crippen molar-refractivity contribution < 1.29 is 9.53 Å². The summed E-state index contributed by atoms with van der Waals surface area (Å²) in [6.07, 6.45) is 0.574. The highest BCUT2D eigenvalue weighted by molar-refractivity contribution is 9.10. The van der Waals surface area contributed by atoms with Gasteiger partial charge in [-0.25, -0.2) is 9.99 Å². The predicted octanol–water partition coefficient (Wildman–Crippen LogP) is 5.36. The number of aromatic nitrogens is 1. The summed E-state index contributed by atoms with van der Waals surface area (Å²) in [4.78, 5) is 16.8. The topological polar surface area (TPSA) is 54.8 Å². The monoisotopic (exact) mass is 457 g/mol. The minimum Gasteiger partial charge on any atom is -0.497 e. The van der Waals surface area contributed by atoms with Crippen LogP contribution in [0.25, 0.3) is 10.9 Å². The molecule has 0 fully saturated rings. The highest BCUT2D eigenvalue weighted by Crippen LogP contribution is 2.37. The number of carbonyl (C=O) groups excluding carboxylic acids is 1. The molecule has 2 heterocycles. The first-order valence-corrected chi connectivity index (χ1v) is 9.91. The summed E-state index contributed by atoms with van der Waals surface area (Å²) >= 11 is 9.96. The van der Waals surface area contributed by atoms with Gasteiger partial charge in [-0.2, -0.15) is 5.10 Å². The van der Waals surface area contributed by atoms with Crippen LogP contribution in [-0.2, 0) is 4.79 Å². The van der Waals surface area contributed by atoms with Crippen LogP contribution < -0.4 is 4.74 Å². The van der Waals surface area contributed by atoms with E-state index in [0.717, 1.165) is 38.0 Å². The maximum Gasteiger partial charge on any atom is 0.240 e. The lowest BCUT2D eigenvalue weighted by Gasteiger charge is -2.21. The number of ether oxygens (including phenoxy) is 1. The number of halogens is 2. The quantitative estimate of drug-likeness (QED) is 0.497. The molecule has 0 saturated heterocycles. The zero-order valence-electron chi connectivity index (χ0n) is 15.3. The molecule has 1 atom stereocenters. The SMILES string of the molecule is COc1ccc2cc([C@H]3CC(c4ccc(Br)cc4)=NN3C(C)=O)c(Cl)nc2c1. The molecule has 7 heteroatoms. The third-order valence-corrected chi connectivity index (χ3v) is 5.61. The van der Waals surface area contributed by atoms with Gasteiger partial charge in [-0.15, -0.1) is 0 Å². The van der Waals surface area contributed by atoms with Crippen molar-refractivity contribution in [3.63, 3.8) is 0 Å². The smallest absolute Gasteiger partial charge is 0.240 e. The standard InChI is InChI=1S/C21H17BrClN3O2/c1-12(27)26-20(11-19(25-26)13-3-6-15(22)7-4-13)17-9-14-5-8-16(28-2)10-18(14)24-21(17)23/h3-10,20H,11H2,1-2H3/t20-/m1/s1. The summed E-state index contributed by atoms with van der Waals surface area (Å²) in [7, 11) is 1.61. The molecule has 5 nitrogen and oxygen atoms in total. The van der Waals surface area contributed by atoms with Crippen molar-refractivity contribution in [2.24, 2.45) is 5.10 Å². The Labute approximate surface area is 176 Å². The molecule has 0 aliphatic carbocycles. The Morgan fingerprint density at radius 2 is 1.96 bits per heavy atom. The zero-order chi connectivity index (χ0) is 19.8. The molecule has 0 saturated carbocycles. The van der Waals surface area contributed by atoms with Crippen molar-refractivity contribution >= 4 is 50.1 Å². The molecule has 0 bridgehead atoms. The lowest BCUT2D eigenvalue weighted by Crippen LogP contribution is -2.24. The molecule has 0 N–H and O–H groups in total. The van der Waals surface area contributed by atoms with Gasteiger partial charge in [-0.1, -0.05) is 39.7 Å². The van der Waals surface area contributed by atoms with E-state index in [9.17, 15) is 4.79 Å². The number of methoxy groups -OCH3 is 1. The number of carbonyl (C=O) groups is 1. The Morgan fingerprint density at radius 3 is 2.64 bits per heavy atom. The van der Waals surface area contributed by atoms with Gasteiger partial charge in [0, 0.05) is 34.8 Å². The molecule has 0 radical (unpaired) electrons. The molecular weight excluding hydrogens is 442 g/mol. The third kappa shape index (κ3) is 3.50. The average molecular weight is 459 g/mol. The fourth-order valence-electron chi connectivity index (χ4n) is 3.36. The molecule has 0 spiro atoms.